The normalized spacial score (nSPS) is 11.7. The molecule has 0 aliphatic carbocycles. The van der Waals surface area contributed by atoms with Gasteiger partial charge in [0.1, 0.15) is 6.04 Å². The summed E-state index contributed by atoms with van der Waals surface area (Å²) in [5.41, 5.74) is 3.39. The first-order chi connectivity index (χ1) is 15.0. The zero-order chi connectivity index (χ0) is 22.6. The Kier molecular flexibility index (Phi) is 10.6. The number of carbonyl (C=O) groups is 2. The number of halogens is 1. The first-order valence-electron chi connectivity index (χ1n) is 11.4. The van der Waals surface area contributed by atoms with Crippen molar-refractivity contribution in [2.45, 2.75) is 71.9 Å². The molecule has 0 unspecified atom stereocenters. The number of benzene rings is 2. The van der Waals surface area contributed by atoms with Gasteiger partial charge in [0.25, 0.3) is 0 Å². The number of hydrogen-bond acceptors (Lipinski definition) is 2. The molecule has 2 aromatic rings. The Morgan fingerprint density at radius 1 is 0.935 bits per heavy atom. The highest BCUT2D eigenvalue weighted by Crippen LogP contribution is 2.17. The van der Waals surface area contributed by atoms with Gasteiger partial charge in [0.2, 0.25) is 11.8 Å². The van der Waals surface area contributed by atoms with Crippen molar-refractivity contribution in [3.8, 4) is 0 Å². The van der Waals surface area contributed by atoms with E-state index in [1.54, 1.807) is 4.90 Å². The molecule has 0 saturated heterocycles. The molecule has 2 rings (SSSR count). The molecule has 0 saturated carbocycles. The van der Waals surface area contributed by atoms with Crippen LogP contribution in [0, 0.1) is 0 Å². The van der Waals surface area contributed by atoms with Gasteiger partial charge >= 0.3 is 0 Å². The van der Waals surface area contributed by atoms with Crippen molar-refractivity contribution in [3.05, 3.63) is 70.2 Å². The Hall–Kier alpha value is -2.33. The summed E-state index contributed by atoms with van der Waals surface area (Å²) < 4.78 is 0. The maximum absolute atomic E-state index is 13.3. The molecule has 5 heteroatoms. The number of rotatable bonds is 12. The van der Waals surface area contributed by atoms with Crippen molar-refractivity contribution in [1.29, 1.82) is 0 Å². The number of nitrogens with zero attached hydrogens (tertiary/aromatic N) is 1. The van der Waals surface area contributed by atoms with Crippen LogP contribution in [0.1, 0.15) is 63.1 Å². The molecule has 0 radical (unpaired) electrons. The average Bonchev–Trinajstić information content (AvgIpc) is 2.79. The van der Waals surface area contributed by atoms with Gasteiger partial charge in [0.05, 0.1) is 0 Å². The standard InChI is InChI=1S/C26H35ClN2O2/c1-4-7-18-28-26(31)24(6-3)29(19-22-12-15-23(27)16-13-22)25(30)17-14-21-10-8-20(5-2)9-11-21/h8-13,15-16,24H,4-7,14,17-19H2,1-3H3,(H,28,31)/t24-/m1/s1. The SMILES string of the molecule is CCCCNC(=O)[C@@H](CC)N(Cc1ccc(Cl)cc1)C(=O)CCc1ccc(CC)cc1. The van der Waals surface area contributed by atoms with E-state index in [4.69, 9.17) is 11.6 Å². The van der Waals surface area contributed by atoms with E-state index in [1.807, 2.05) is 31.2 Å². The summed E-state index contributed by atoms with van der Waals surface area (Å²) in [5, 5.41) is 3.65. The van der Waals surface area contributed by atoms with E-state index in [9.17, 15) is 9.59 Å². The monoisotopic (exact) mass is 442 g/mol. The van der Waals surface area contributed by atoms with E-state index in [1.165, 1.54) is 5.56 Å². The summed E-state index contributed by atoms with van der Waals surface area (Å²) in [5.74, 6) is -0.0856. The number of nitrogens with one attached hydrogen (secondary N) is 1. The van der Waals surface area contributed by atoms with Crippen molar-refractivity contribution in [2.75, 3.05) is 6.54 Å². The Morgan fingerprint density at radius 2 is 1.55 bits per heavy atom. The van der Waals surface area contributed by atoms with Crippen molar-refractivity contribution < 1.29 is 9.59 Å². The minimum atomic E-state index is -0.484. The van der Waals surface area contributed by atoms with Gasteiger partial charge in [0.15, 0.2) is 0 Å². The van der Waals surface area contributed by atoms with Crippen LogP contribution in [0.3, 0.4) is 0 Å². The van der Waals surface area contributed by atoms with Gasteiger partial charge in [-0.2, -0.15) is 0 Å². The quantitative estimate of drug-likeness (QED) is 0.437. The molecule has 0 fully saturated rings. The Balaban J connectivity index is 2.14. The summed E-state index contributed by atoms with van der Waals surface area (Å²) >= 11 is 6.02. The molecule has 4 nitrogen and oxygen atoms in total. The van der Waals surface area contributed by atoms with Crippen molar-refractivity contribution in [3.63, 3.8) is 0 Å². The fourth-order valence-electron chi connectivity index (χ4n) is 3.55. The summed E-state index contributed by atoms with van der Waals surface area (Å²) in [4.78, 5) is 27.9. The molecule has 0 heterocycles. The van der Waals surface area contributed by atoms with E-state index in [0.29, 0.717) is 37.4 Å². The van der Waals surface area contributed by atoms with Gasteiger partial charge in [-0.1, -0.05) is 75.2 Å². The minimum Gasteiger partial charge on any atom is -0.354 e. The van der Waals surface area contributed by atoms with Crippen molar-refractivity contribution in [1.82, 2.24) is 10.2 Å². The van der Waals surface area contributed by atoms with Gasteiger partial charge in [-0.25, -0.2) is 0 Å². The topological polar surface area (TPSA) is 49.4 Å². The molecule has 0 aliphatic rings. The predicted molar refractivity (Wildman–Crippen MR) is 128 cm³/mol. The summed E-state index contributed by atoms with van der Waals surface area (Å²) in [7, 11) is 0. The lowest BCUT2D eigenvalue weighted by Gasteiger charge is -2.31. The first kappa shape index (κ1) is 24.9. The molecule has 2 aromatic carbocycles. The van der Waals surface area contributed by atoms with Crippen LogP contribution in [0.2, 0.25) is 5.02 Å². The van der Waals surface area contributed by atoms with E-state index in [2.05, 4.69) is 43.4 Å². The Bertz CT molecular complexity index is 818. The van der Waals surface area contributed by atoms with Gasteiger partial charge < -0.3 is 10.2 Å². The molecule has 1 atom stereocenters. The van der Waals surface area contributed by atoms with Gasteiger partial charge in [0, 0.05) is 24.5 Å². The second-order valence-corrected chi connectivity index (χ2v) is 8.32. The molecule has 0 bridgehead atoms. The maximum atomic E-state index is 13.3. The fraction of sp³-hybridized carbons (Fsp3) is 0.462. The largest absolute Gasteiger partial charge is 0.354 e. The average molecular weight is 443 g/mol. The molecule has 168 valence electrons. The summed E-state index contributed by atoms with van der Waals surface area (Å²) in [6.45, 7) is 7.20. The smallest absolute Gasteiger partial charge is 0.242 e. The lowest BCUT2D eigenvalue weighted by Crippen LogP contribution is -2.49. The number of unbranched alkanes of at least 4 members (excludes halogenated alkanes) is 1. The lowest BCUT2D eigenvalue weighted by molar-refractivity contribution is -0.141. The molecule has 0 aliphatic heterocycles. The molecule has 31 heavy (non-hydrogen) atoms. The third-order valence-corrected chi connectivity index (χ3v) is 5.79. The molecular weight excluding hydrogens is 408 g/mol. The zero-order valence-corrected chi connectivity index (χ0v) is 19.8. The molecule has 0 spiro atoms. The number of amides is 2. The number of carbonyl (C=O) groups excluding carboxylic acids is 2. The third kappa shape index (κ3) is 8.02. The van der Waals surface area contributed by atoms with Crippen LogP contribution in [-0.4, -0.2) is 29.3 Å². The molecule has 2 amide bonds. The van der Waals surface area contributed by atoms with E-state index in [-0.39, 0.29) is 11.8 Å². The highest BCUT2D eigenvalue weighted by atomic mass is 35.5. The van der Waals surface area contributed by atoms with Crippen LogP contribution in [0.5, 0.6) is 0 Å². The fourth-order valence-corrected chi connectivity index (χ4v) is 3.67. The molecule has 0 aromatic heterocycles. The third-order valence-electron chi connectivity index (χ3n) is 5.54. The van der Waals surface area contributed by atoms with Crippen LogP contribution in [0.25, 0.3) is 0 Å². The lowest BCUT2D eigenvalue weighted by atomic mass is 10.0. The Morgan fingerprint density at radius 3 is 2.13 bits per heavy atom. The zero-order valence-electron chi connectivity index (χ0n) is 19.0. The highest BCUT2D eigenvalue weighted by Gasteiger charge is 2.28. The van der Waals surface area contributed by atoms with Gasteiger partial charge in [-0.15, -0.1) is 0 Å². The number of hydrogen-bond donors (Lipinski definition) is 1. The second kappa shape index (κ2) is 13.2. The summed E-state index contributed by atoms with van der Waals surface area (Å²) in [6, 6.07) is 15.4. The Labute approximate surface area is 192 Å². The highest BCUT2D eigenvalue weighted by molar-refractivity contribution is 6.30. The van der Waals surface area contributed by atoms with Crippen LogP contribution in [-0.2, 0) is 29.0 Å². The first-order valence-corrected chi connectivity index (χ1v) is 11.8. The van der Waals surface area contributed by atoms with E-state index < -0.39 is 6.04 Å². The minimum absolute atomic E-state index is 0.00740. The maximum Gasteiger partial charge on any atom is 0.242 e. The van der Waals surface area contributed by atoms with Gasteiger partial charge in [-0.05, 0) is 54.5 Å². The van der Waals surface area contributed by atoms with Crippen molar-refractivity contribution in [2.24, 2.45) is 0 Å². The van der Waals surface area contributed by atoms with Crippen LogP contribution in [0.4, 0.5) is 0 Å². The summed E-state index contributed by atoms with van der Waals surface area (Å²) in [6.07, 6.45) is 4.55. The molecular formula is C26H35ClN2O2. The van der Waals surface area contributed by atoms with E-state index >= 15 is 0 Å². The van der Waals surface area contributed by atoms with Gasteiger partial charge in [-0.3, -0.25) is 9.59 Å². The predicted octanol–water partition coefficient (Wildman–Crippen LogP) is 5.56. The van der Waals surface area contributed by atoms with Crippen LogP contribution >= 0.6 is 11.6 Å². The van der Waals surface area contributed by atoms with Crippen molar-refractivity contribution >= 4 is 23.4 Å². The van der Waals surface area contributed by atoms with Crippen LogP contribution < -0.4 is 5.32 Å². The number of aryl methyl sites for hydroxylation is 2. The second-order valence-electron chi connectivity index (χ2n) is 7.89. The van der Waals surface area contributed by atoms with Crippen LogP contribution in [0.15, 0.2) is 48.5 Å². The molecule has 1 N–H and O–H groups in total. The van der Waals surface area contributed by atoms with E-state index in [0.717, 1.165) is 30.4 Å².